The number of halogens is 7. The van der Waals surface area contributed by atoms with Gasteiger partial charge >= 0.3 is 0 Å². The van der Waals surface area contributed by atoms with Crippen LogP contribution in [-0.2, 0) is 29.4 Å². The molecule has 11 nitrogen and oxygen atoms in total. The average Bonchev–Trinajstić information content (AvgIpc) is 3.38. The van der Waals surface area contributed by atoms with Crippen LogP contribution in [0.2, 0.25) is 5.02 Å². The molecule has 0 saturated heterocycles. The van der Waals surface area contributed by atoms with Crippen LogP contribution >= 0.6 is 85.5 Å². The number of benzene rings is 5. The van der Waals surface area contributed by atoms with Crippen molar-refractivity contribution in [3.05, 3.63) is 215 Å². The number of pyridine rings is 5. The zero-order valence-electron chi connectivity index (χ0n) is 37.3. The molecule has 10 aromatic rings. The van der Waals surface area contributed by atoms with Crippen molar-refractivity contribution in [2.75, 3.05) is 0 Å². The summed E-state index contributed by atoms with van der Waals surface area (Å²) in [5.41, 5.74) is 11.1. The highest BCUT2D eigenvalue weighted by Gasteiger charge is 2.09. The summed E-state index contributed by atoms with van der Waals surface area (Å²) in [5.74, 6) is 2.01. The molecule has 5 heterocycles. The molecule has 0 saturated carbocycles. The van der Waals surface area contributed by atoms with Crippen molar-refractivity contribution in [2.45, 2.75) is 43.2 Å². The van der Waals surface area contributed by atoms with Crippen molar-refractivity contribution in [2.24, 2.45) is 0 Å². The first-order chi connectivity index (χ1) is 33.7. The van der Waals surface area contributed by atoms with Crippen LogP contribution in [0.1, 0.15) is 39.6 Å². The van der Waals surface area contributed by atoms with Gasteiger partial charge in [-0.2, -0.15) is 0 Å². The van der Waals surface area contributed by atoms with Gasteiger partial charge in [0.1, 0.15) is 0 Å². The summed E-state index contributed by atoms with van der Waals surface area (Å²) in [6.45, 7) is 4.18. The van der Waals surface area contributed by atoms with Gasteiger partial charge in [-0.05, 0) is 92.2 Å². The molecule has 10 rings (SSSR count). The zero-order chi connectivity index (χ0) is 50.3. The van der Waals surface area contributed by atoms with E-state index in [1.807, 2.05) is 72.8 Å². The lowest BCUT2D eigenvalue weighted by molar-refractivity contribution is -0.384. The van der Waals surface area contributed by atoms with Gasteiger partial charge < -0.3 is 0 Å². The van der Waals surface area contributed by atoms with Gasteiger partial charge in [0.2, 0.25) is 0 Å². The molecule has 0 spiro atoms. The highest BCUT2D eigenvalue weighted by Crippen LogP contribution is 2.24. The molecule has 0 N–H and O–H groups in total. The molecule has 5 aromatic carbocycles. The fraction of sp³-hybridized carbons (Fsp3) is 0.135. The van der Waals surface area contributed by atoms with Crippen molar-refractivity contribution in [1.29, 1.82) is 0 Å². The number of hydrogen-bond donors (Lipinski definition) is 0. The molecule has 356 valence electrons. The first-order valence-electron chi connectivity index (χ1n) is 21.1. The maximum absolute atomic E-state index is 10.6. The highest BCUT2D eigenvalue weighted by molar-refractivity contribution is 9.10. The Hall–Kier alpha value is -5.83. The van der Waals surface area contributed by atoms with E-state index >= 15 is 0 Å². The maximum atomic E-state index is 10.6. The van der Waals surface area contributed by atoms with Gasteiger partial charge in [0.05, 0.1) is 95.3 Å². The average molecular weight is 1120 g/mol. The number of nitro groups is 2. The van der Waals surface area contributed by atoms with Crippen molar-refractivity contribution in [1.82, 2.24) is 24.9 Å². The van der Waals surface area contributed by atoms with Crippen molar-refractivity contribution >= 4 is 151 Å². The van der Waals surface area contributed by atoms with Gasteiger partial charge in [-0.3, -0.25) is 45.1 Å². The predicted octanol–water partition coefficient (Wildman–Crippen LogP) is 16.7. The summed E-state index contributed by atoms with van der Waals surface area (Å²) in [6.07, 6.45) is 0. The molecule has 0 bridgehead atoms. The number of alkyl halides is 5. The maximum Gasteiger partial charge on any atom is 0.271 e. The third-order valence-corrected chi connectivity index (χ3v) is 12.3. The minimum atomic E-state index is -0.436. The van der Waals surface area contributed by atoms with Gasteiger partial charge in [0.25, 0.3) is 11.4 Å². The third kappa shape index (κ3) is 14.8. The van der Waals surface area contributed by atoms with Crippen LogP contribution in [0.15, 0.2) is 150 Å². The van der Waals surface area contributed by atoms with Crippen LogP contribution in [0, 0.1) is 34.1 Å². The number of nitrogens with zero attached hydrogens (tertiary/aromatic N) is 7. The fourth-order valence-corrected chi connectivity index (χ4v) is 8.07. The Kier molecular flexibility index (Phi) is 19.8. The summed E-state index contributed by atoms with van der Waals surface area (Å²) in [6, 6.07) is 44.3. The molecule has 0 atom stereocenters. The first-order valence-corrected chi connectivity index (χ1v) is 24.9. The van der Waals surface area contributed by atoms with E-state index in [9.17, 15) is 20.2 Å². The van der Waals surface area contributed by atoms with E-state index in [2.05, 4.69) is 72.9 Å². The second-order valence-corrected chi connectivity index (χ2v) is 18.0. The molecule has 18 heteroatoms. The Balaban J connectivity index is 0.000000144. The molecular formula is C52H40BrCl6N7O4. The van der Waals surface area contributed by atoms with E-state index in [0.29, 0.717) is 45.6 Å². The summed E-state index contributed by atoms with van der Waals surface area (Å²) in [7, 11) is 0. The van der Waals surface area contributed by atoms with Crippen LogP contribution in [0.5, 0.6) is 0 Å². The van der Waals surface area contributed by atoms with Crippen LogP contribution in [0.4, 0.5) is 11.4 Å². The number of non-ortho nitro benzene ring substituents is 2. The number of aryl methyl sites for hydroxylation is 2. The van der Waals surface area contributed by atoms with Crippen LogP contribution in [-0.4, -0.2) is 34.8 Å². The molecule has 0 aliphatic rings. The second kappa shape index (κ2) is 25.9. The summed E-state index contributed by atoms with van der Waals surface area (Å²) < 4.78 is 1.04. The van der Waals surface area contributed by atoms with E-state index in [4.69, 9.17) is 69.6 Å². The van der Waals surface area contributed by atoms with Crippen LogP contribution in [0.3, 0.4) is 0 Å². The Morgan fingerprint density at radius 1 is 0.429 bits per heavy atom. The van der Waals surface area contributed by atoms with E-state index in [-0.39, 0.29) is 11.4 Å². The summed E-state index contributed by atoms with van der Waals surface area (Å²) >= 11 is 37.6. The number of fused-ring (bicyclic) bond motifs is 5. The molecule has 0 amide bonds. The molecular weight excluding hydrogens is 1080 g/mol. The van der Waals surface area contributed by atoms with Gasteiger partial charge in [-0.1, -0.05) is 81.6 Å². The zero-order valence-corrected chi connectivity index (χ0v) is 43.4. The molecule has 5 aromatic heterocycles. The van der Waals surface area contributed by atoms with Crippen LogP contribution in [0.25, 0.3) is 54.5 Å². The van der Waals surface area contributed by atoms with Gasteiger partial charge in [-0.25, -0.2) is 0 Å². The molecule has 0 unspecified atom stereocenters. The molecule has 0 radical (unpaired) electrons. The number of rotatable bonds is 7. The third-order valence-electron chi connectivity index (χ3n) is 10.2. The highest BCUT2D eigenvalue weighted by atomic mass is 79.9. The molecule has 0 aliphatic heterocycles. The SMILES string of the molecule is Cc1cc(C)c2nc(CCl)ccc2c1.ClCc1ccc2ccc(Br)cc2n1.ClCc1ccc2ccc(Cl)cc2n1.O=[N+]([O-])c1ccc2ccc(CCl)nc2c1.O=[N+]([O-])c1ccc2nc(CCl)ccc2c1. The summed E-state index contributed by atoms with van der Waals surface area (Å²) in [4.78, 5) is 41.9. The number of hydrogen-bond acceptors (Lipinski definition) is 9. The summed E-state index contributed by atoms with van der Waals surface area (Å²) in [5, 5.41) is 26.8. The van der Waals surface area contributed by atoms with Gasteiger partial charge in [0.15, 0.2) is 0 Å². The quantitative estimate of drug-likeness (QED) is 0.0863. The molecule has 70 heavy (non-hydrogen) atoms. The lowest BCUT2D eigenvalue weighted by Crippen LogP contribution is -1.90. The topological polar surface area (TPSA) is 151 Å². The predicted molar refractivity (Wildman–Crippen MR) is 292 cm³/mol. The number of aromatic nitrogens is 5. The standard InChI is InChI=1S/C12H12ClN.C10H7BrClN.C10H7Cl2N.2C10H7ClN2O2/c1-8-5-9(2)12-10(6-8)3-4-11(7-13)14-12;11-8-3-1-7-2-4-9(6-12)13-10(7)5-8;11-6-9-4-2-7-1-3-8(12)5-10(7)13-9;11-6-8-3-1-7-2-4-9(13(14)15)5-10(7)12-8;11-6-8-2-1-7-5-9(13(14)15)3-4-10(7)12-8/h3-6H,7H2,1-2H3;2*1-5H,6H2;2*1-5H,6H2. The monoisotopic (exact) mass is 1120 g/mol. The lowest BCUT2D eigenvalue weighted by Gasteiger charge is -2.04. The molecule has 0 aliphatic carbocycles. The van der Waals surface area contributed by atoms with E-state index in [1.54, 1.807) is 30.3 Å². The smallest absolute Gasteiger partial charge is 0.258 e. The Labute approximate surface area is 441 Å². The minimum absolute atomic E-state index is 0.0433. The van der Waals surface area contributed by atoms with E-state index in [1.165, 1.54) is 40.8 Å². The van der Waals surface area contributed by atoms with Gasteiger partial charge in [0, 0.05) is 60.7 Å². The largest absolute Gasteiger partial charge is 0.271 e. The number of nitro benzene ring substituents is 2. The lowest BCUT2D eigenvalue weighted by atomic mass is 10.1. The Morgan fingerprint density at radius 2 is 0.829 bits per heavy atom. The second-order valence-electron chi connectivity index (χ2n) is 15.3. The first kappa shape index (κ1) is 53.5. The Bertz CT molecular complexity index is 3400. The van der Waals surface area contributed by atoms with Crippen molar-refractivity contribution in [3.63, 3.8) is 0 Å². The van der Waals surface area contributed by atoms with Crippen molar-refractivity contribution in [3.8, 4) is 0 Å². The van der Waals surface area contributed by atoms with Gasteiger partial charge in [-0.15, -0.1) is 58.0 Å². The fourth-order valence-electron chi connectivity index (χ4n) is 6.81. The van der Waals surface area contributed by atoms with Crippen molar-refractivity contribution < 1.29 is 9.85 Å². The minimum Gasteiger partial charge on any atom is -0.258 e. The van der Waals surface area contributed by atoms with E-state index < -0.39 is 9.85 Å². The normalized spacial score (nSPS) is 10.6. The van der Waals surface area contributed by atoms with E-state index in [0.717, 1.165) is 70.9 Å². The molecule has 0 fully saturated rings. The Morgan fingerprint density at radius 3 is 1.36 bits per heavy atom. The van der Waals surface area contributed by atoms with Crippen LogP contribution < -0.4 is 0 Å².